The van der Waals surface area contributed by atoms with Gasteiger partial charge in [0.1, 0.15) is 30.2 Å². The largest absolute Gasteiger partial charge is 0.480 e. The number of hydrogen-bond donors (Lipinski definition) is 11. The maximum atomic E-state index is 13.9. The van der Waals surface area contributed by atoms with Crippen LogP contribution in [0.3, 0.4) is 0 Å². The molecule has 356 valence electrons. The lowest BCUT2D eigenvalue weighted by Crippen LogP contribution is -2.58. The zero-order valence-electron chi connectivity index (χ0n) is 38.0. The molecule has 0 aliphatic rings. The molecule has 0 aliphatic heterocycles. The second kappa shape index (κ2) is 29.8. The Bertz CT molecular complexity index is 1750. The number of amides is 6. The maximum absolute atomic E-state index is 13.9. The Hall–Kier alpha value is -5.43. The second-order valence-electron chi connectivity index (χ2n) is 17.1. The molecule has 64 heavy (non-hydrogen) atoms. The molecule has 18 heteroatoms. The fourth-order valence-corrected chi connectivity index (χ4v) is 6.96. The third-order valence-corrected chi connectivity index (χ3v) is 10.4. The summed E-state index contributed by atoms with van der Waals surface area (Å²) in [6, 6.07) is 11.2. The fraction of sp³-hybridized carbons (Fsp3) is 0.587. The van der Waals surface area contributed by atoms with Gasteiger partial charge in [-0.05, 0) is 100 Å². The Morgan fingerprint density at radius 1 is 0.484 bits per heavy atom. The number of rotatable bonds is 31. The summed E-state index contributed by atoms with van der Waals surface area (Å²) in [6.07, 6.45) is 2.94. The van der Waals surface area contributed by atoms with Crippen molar-refractivity contribution in [2.24, 2.45) is 34.8 Å². The van der Waals surface area contributed by atoms with Crippen molar-refractivity contribution in [2.45, 2.75) is 141 Å². The molecule has 2 rings (SSSR count). The van der Waals surface area contributed by atoms with Crippen LogP contribution in [0.15, 0.2) is 60.7 Å². The Labute approximate surface area is 377 Å². The number of carbonyl (C=O) groups is 7. The Balaban J connectivity index is 2.08. The molecular weight excluding hydrogens is 821 g/mol. The molecule has 0 aliphatic carbocycles. The molecule has 7 atom stereocenters. The summed E-state index contributed by atoms with van der Waals surface area (Å²) in [6.45, 7) is 8.26. The zero-order valence-corrected chi connectivity index (χ0v) is 38.0. The van der Waals surface area contributed by atoms with E-state index in [-0.39, 0.29) is 70.0 Å². The summed E-state index contributed by atoms with van der Waals surface area (Å²) in [5.74, 6) is -4.52. The van der Waals surface area contributed by atoms with E-state index in [4.69, 9.17) is 22.9 Å². The van der Waals surface area contributed by atoms with Crippen molar-refractivity contribution in [2.75, 3.05) is 19.6 Å². The van der Waals surface area contributed by atoms with Gasteiger partial charge in [0.2, 0.25) is 35.4 Å². The van der Waals surface area contributed by atoms with E-state index in [1.54, 1.807) is 0 Å². The quantitative estimate of drug-likeness (QED) is 0.0461. The minimum atomic E-state index is -1.26. The highest BCUT2D eigenvalue weighted by Gasteiger charge is 2.32. The van der Waals surface area contributed by atoms with Crippen LogP contribution in [0.5, 0.6) is 0 Å². The lowest BCUT2D eigenvalue weighted by Gasteiger charge is -2.27. The van der Waals surface area contributed by atoms with E-state index in [9.17, 15) is 38.7 Å². The number of nitrogens with two attached hydrogens (primary N) is 4. The SMILES string of the molecule is CC(C)C[C@@H](N)C(=O)N[C@H](CCCN)C(=O)NC(CCCCNC(=O)[C@@H](CCCN)NC(=O)[C@@H](CC(C)C)NC(=O)[C@@H](Cc1ccccc1)NC(=O)[C@H](N)Cc1ccccc1)C(=O)O. The van der Waals surface area contributed by atoms with Crippen LogP contribution in [0.1, 0.15) is 96.6 Å². The van der Waals surface area contributed by atoms with Crippen molar-refractivity contribution < 1.29 is 38.7 Å². The first kappa shape index (κ1) is 54.7. The monoisotopic (exact) mass is 895 g/mol. The highest BCUT2D eigenvalue weighted by molar-refractivity contribution is 5.95. The molecule has 2 aromatic rings. The van der Waals surface area contributed by atoms with E-state index in [1.807, 2.05) is 88.4 Å². The number of unbranched alkanes of at least 4 members (excludes halogenated alkanes) is 1. The number of carboxylic acid groups (broad SMARTS) is 1. The summed E-state index contributed by atoms with van der Waals surface area (Å²) >= 11 is 0. The third kappa shape index (κ3) is 21.3. The highest BCUT2D eigenvalue weighted by atomic mass is 16.4. The van der Waals surface area contributed by atoms with Crippen molar-refractivity contribution in [3.05, 3.63) is 71.8 Å². The number of nitrogens with one attached hydrogen (secondary N) is 6. The van der Waals surface area contributed by atoms with Crippen LogP contribution in [-0.4, -0.2) is 108 Å². The molecule has 18 nitrogen and oxygen atoms in total. The molecule has 0 fully saturated rings. The first-order valence-corrected chi connectivity index (χ1v) is 22.5. The maximum Gasteiger partial charge on any atom is 0.326 e. The molecule has 0 bridgehead atoms. The van der Waals surface area contributed by atoms with Gasteiger partial charge in [-0.25, -0.2) is 4.79 Å². The van der Waals surface area contributed by atoms with E-state index >= 15 is 0 Å². The van der Waals surface area contributed by atoms with Crippen molar-refractivity contribution in [1.29, 1.82) is 0 Å². The van der Waals surface area contributed by atoms with Gasteiger partial charge in [0, 0.05) is 13.0 Å². The normalized spacial score (nSPS) is 14.5. The first-order chi connectivity index (χ1) is 30.4. The number of aliphatic carboxylic acids is 1. The zero-order chi connectivity index (χ0) is 47.6. The lowest BCUT2D eigenvalue weighted by molar-refractivity contribution is -0.142. The van der Waals surface area contributed by atoms with Gasteiger partial charge < -0.3 is 59.9 Å². The van der Waals surface area contributed by atoms with Crippen LogP contribution in [-0.2, 0) is 46.4 Å². The van der Waals surface area contributed by atoms with E-state index in [2.05, 4.69) is 31.9 Å². The van der Waals surface area contributed by atoms with Crippen LogP contribution < -0.4 is 54.8 Å². The average molecular weight is 895 g/mol. The number of carbonyl (C=O) groups excluding carboxylic acids is 6. The Morgan fingerprint density at radius 3 is 1.44 bits per heavy atom. The van der Waals surface area contributed by atoms with Crippen molar-refractivity contribution in [1.82, 2.24) is 31.9 Å². The van der Waals surface area contributed by atoms with Gasteiger partial charge in [-0.15, -0.1) is 0 Å². The van der Waals surface area contributed by atoms with E-state index in [0.29, 0.717) is 32.1 Å². The second-order valence-corrected chi connectivity index (χ2v) is 17.1. The highest BCUT2D eigenvalue weighted by Crippen LogP contribution is 2.11. The van der Waals surface area contributed by atoms with Crippen molar-refractivity contribution in [3.8, 4) is 0 Å². The van der Waals surface area contributed by atoms with Crippen LogP contribution in [0.25, 0.3) is 0 Å². The summed E-state index contributed by atoms with van der Waals surface area (Å²) in [7, 11) is 0. The number of hydrogen-bond acceptors (Lipinski definition) is 11. The molecular formula is C46H74N10O8. The van der Waals surface area contributed by atoms with Crippen LogP contribution >= 0.6 is 0 Å². The van der Waals surface area contributed by atoms with Gasteiger partial charge in [-0.3, -0.25) is 28.8 Å². The number of benzene rings is 2. The molecule has 15 N–H and O–H groups in total. The predicted octanol–water partition coefficient (Wildman–Crippen LogP) is 0.491. The van der Waals surface area contributed by atoms with Gasteiger partial charge in [-0.2, -0.15) is 0 Å². The Kier molecular flexibility index (Phi) is 25.5. The minimum absolute atomic E-state index is 0.0377. The standard InChI is InChI=1S/C46H74N10O8/c1-29(2)25-33(49)40(57)52-36(21-14-23-48)43(60)54-37(46(63)64)19-11-12-24-51-42(59)35(20-13-22-47)53-44(61)38(26-30(3)4)56-45(62)39(28-32-17-9-6-10-18-32)55-41(58)34(50)27-31-15-7-5-8-16-31/h5-10,15-18,29-30,33-39H,11-14,19-28,47-50H2,1-4H3,(H,51,59)(H,52,57)(H,53,61)(H,54,60)(H,55,58)(H,56,62)(H,63,64)/t33-,34-,35-,36-,37?,38-,39-/m1/s1. The first-order valence-electron chi connectivity index (χ1n) is 22.5. The molecule has 0 spiro atoms. The average Bonchev–Trinajstić information content (AvgIpc) is 3.25. The molecule has 0 heterocycles. The summed E-state index contributed by atoms with van der Waals surface area (Å²) < 4.78 is 0. The summed E-state index contributed by atoms with van der Waals surface area (Å²) in [5.41, 5.74) is 25.3. The predicted molar refractivity (Wildman–Crippen MR) is 246 cm³/mol. The topological polar surface area (TPSA) is 316 Å². The molecule has 1 unspecified atom stereocenters. The van der Waals surface area contributed by atoms with Gasteiger partial charge >= 0.3 is 5.97 Å². The van der Waals surface area contributed by atoms with Gasteiger partial charge in [-0.1, -0.05) is 88.4 Å². The Morgan fingerprint density at radius 2 is 0.906 bits per heavy atom. The fourth-order valence-electron chi connectivity index (χ4n) is 6.96. The van der Waals surface area contributed by atoms with E-state index < -0.39 is 83.7 Å². The van der Waals surface area contributed by atoms with Crippen LogP contribution in [0, 0.1) is 11.8 Å². The van der Waals surface area contributed by atoms with E-state index in [0.717, 1.165) is 11.1 Å². The molecule has 0 saturated carbocycles. The third-order valence-electron chi connectivity index (χ3n) is 10.4. The molecule has 0 saturated heterocycles. The summed E-state index contributed by atoms with van der Waals surface area (Å²) in [5, 5.41) is 26.2. The molecule has 0 aromatic heterocycles. The van der Waals surface area contributed by atoms with Gasteiger partial charge in [0.05, 0.1) is 12.1 Å². The minimum Gasteiger partial charge on any atom is -0.480 e. The smallest absolute Gasteiger partial charge is 0.326 e. The molecule has 6 amide bonds. The van der Waals surface area contributed by atoms with Gasteiger partial charge in [0.15, 0.2) is 0 Å². The van der Waals surface area contributed by atoms with Crippen molar-refractivity contribution >= 4 is 41.4 Å². The van der Waals surface area contributed by atoms with Gasteiger partial charge in [0.25, 0.3) is 0 Å². The number of carboxylic acids is 1. The summed E-state index contributed by atoms with van der Waals surface area (Å²) in [4.78, 5) is 92.6. The van der Waals surface area contributed by atoms with Crippen LogP contribution in [0.4, 0.5) is 0 Å². The van der Waals surface area contributed by atoms with Crippen LogP contribution in [0.2, 0.25) is 0 Å². The lowest BCUT2D eigenvalue weighted by atomic mass is 10.00. The molecule has 0 radical (unpaired) electrons. The van der Waals surface area contributed by atoms with Crippen molar-refractivity contribution in [3.63, 3.8) is 0 Å². The molecule has 2 aromatic carbocycles. The van der Waals surface area contributed by atoms with E-state index in [1.165, 1.54) is 0 Å².